The zero-order valence-corrected chi connectivity index (χ0v) is 11.9. The van der Waals surface area contributed by atoms with E-state index in [1.165, 1.54) is 17.8 Å². The lowest BCUT2D eigenvalue weighted by molar-refractivity contribution is 0.0677. The molecule has 1 saturated heterocycles. The normalized spacial score (nSPS) is 21.9. The Morgan fingerprint density at radius 1 is 1.72 bits per heavy atom. The molecule has 2 heterocycles. The highest BCUT2D eigenvalue weighted by atomic mass is 32.1. The summed E-state index contributed by atoms with van der Waals surface area (Å²) >= 11 is 1.49. The molecule has 1 fully saturated rings. The van der Waals surface area contributed by atoms with Gasteiger partial charge in [0, 0.05) is 18.5 Å². The second kappa shape index (κ2) is 5.80. The standard InChI is InChI=1S/C13H21N3OS/c1-3-10(14)12-15-11(8-18-12)13(17)16-6-4-5-9(2)7-16/h8-10H,3-7,14H2,1-2H3. The smallest absolute Gasteiger partial charge is 0.273 e. The molecule has 1 aliphatic rings. The van der Waals surface area contributed by atoms with E-state index >= 15 is 0 Å². The number of rotatable bonds is 3. The minimum atomic E-state index is -0.0446. The summed E-state index contributed by atoms with van der Waals surface area (Å²) in [5.74, 6) is 0.658. The molecule has 2 atom stereocenters. The Balaban J connectivity index is 2.06. The number of likely N-dealkylation sites (tertiary alicyclic amines) is 1. The van der Waals surface area contributed by atoms with Crippen LogP contribution in [0.25, 0.3) is 0 Å². The van der Waals surface area contributed by atoms with E-state index in [2.05, 4.69) is 11.9 Å². The van der Waals surface area contributed by atoms with E-state index in [9.17, 15) is 4.79 Å². The summed E-state index contributed by atoms with van der Waals surface area (Å²) in [6.45, 7) is 5.93. The van der Waals surface area contributed by atoms with Crippen LogP contribution in [0.3, 0.4) is 0 Å². The number of thiazole rings is 1. The van der Waals surface area contributed by atoms with Crippen molar-refractivity contribution in [2.24, 2.45) is 11.7 Å². The number of amides is 1. The first kappa shape index (κ1) is 13.5. The van der Waals surface area contributed by atoms with Crippen LogP contribution in [0.4, 0.5) is 0 Å². The van der Waals surface area contributed by atoms with Crippen molar-refractivity contribution >= 4 is 17.2 Å². The molecule has 4 nitrogen and oxygen atoms in total. The van der Waals surface area contributed by atoms with Gasteiger partial charge in [0.2, 0.25) is 0 Å². The van der Waals surface area contributed by atoms with Gasteiger partial charge in [0.25, 0.3) is 5.91 Å². The molecule has 1 aliphatic heterocycles. The fourth-order valence-corrected chi connectivity index (χ4v) is 3.15. The molecule has 1 aromatic rings. The minimum absolute atomic E-state index is 0.0446. The molecule has 0 bridgehead atoms. The van der Waals surface area contributed by atoms with Crippen LogP contribution in [-0.2, 0) is 0 Å². The molecule has 0 spiro atoms. The Kier molecular flexibility index (Phi) is 4.35. The van der Waals surface area contributed by atoms with Gasteiger partial charge in [0.15, 0.2) is 0 Å². The largest absolute Gasteiger partial charge is 0.337 e. The third kappa shape index (κ3) is 2.90. The maximum absolute atomic E-state index is 12.3. The molecule has 1 aromatic heterocycles. The summed E-state index contributed by atoms with van der Waals surface area (Å²) in [7, 11) is 0. The second-order valence-corrected chi connectivity index (χ2v) is 5.97. The summed E-state index contributed by atoms with van der Waals surface area (Å²) in [6, 6.07) is -0.0446. The molecule has 2 rings (SSSR count). The lowest BCUT2D eigenvalue weighted by Crippen LogP contribution is -2.39. The fraction of sp³-hybridized carbons (Fsp3) is 0.692. The Morgan fingerprint density at radius 2 is 2.50 bits per heavy atom. The van der Waals surface area contributed by atoms with Crippen LogP contribution in [-0.4, -0.2) is 28.9 Å². The quantitative estimate of drug-likeness (QED) is 0.915. The molecule has 0 radical (unpaired) electrons. The maximum Gasteiger partial charge on any atom is 0.273 e. The molecule has 2 N–H and O–H groups in total. The second-order valence-electron chi connectivity index (χ2n) is 5.08. The van der Waals surface area contributed by atoms with Gasteiger partial charge < -0.3 is 10.6 Å². The summed E-state index contributed by atoms with van der Waals surface area (Å²) in [5, 5.41) is 2.71. The lowest BCUT2D eigenvalue weighted by Gasteiger charge is -2.30. The summed E-state index contributed by atoms with van der Waals surface area (Å²) < 4.78 is 0. The number of nitrogens with zero attached hydrogens (tertiary/aromatic N) is 2. The molecular weight excluding hydrogens is 246 g/mol. The zero-order chi connectivity index (χ0) is 13.1. The van der Waals surface area contributed by atoms with Crippen molar-refractivity contribution in [2.45, 2.75) is 39.2 Å². The van der Waals surface area contributed by atoms with Crippen LogP contribution in [0, 0.1) is 5.92 Å². The molecule has 100 valence electrons. The van der Waals surface area contributed by atoms with Crippen molar-refractivity contribution in [3.8, 4) is 0 Å². The molecule has 18 heavy (non-hydrogen) atoms. The van der Waals surface area contributed by atoms with Gasteiger partial charge in [0.05, 0.1) is 6.04 Å². The fourth-order valence-electron chi connectivity index (χ4n) is 2.27. The van der Waals surface area contributed by atoms with Crippen molar-refractivity contribution in [3.05, 3.63) is 16.1 Å². The van der Waals surface area contributed by atoms with Gasteiger partial charge in [-0.3, -0.25) is 4.79 Å². The zero-order valence-electron chi connectivity index (χ0n) is 11.1. The van der Waals surface area contributed by atoms with Crippen molar-refractivity contribution in [1.82, 2.24) is 9.88 Å². The van der Waals surface area contributed by atoms with Gasteiger partial charge in [-0.05, 0) is 25.2 Å². The van der Waals surface area contributed by atoms with Crippen molar-refractivity contribution in [1.29, 1.82) is 0 Å². The first-order valence-electron chi connectivity index (χ1n) is 6.62. The van der Waals surface area contributed by atoms with Crippen molar-refractivity contribution in [2.75, 3.05) is 13.1 Å². The predicted molar refractivity (Wildman–Crippen MR) is 73.6 cm³/mol. The van der Waals surface area contributed by atoms with Crippen LogP contribution < -0.4 is 5.73 Å². The molecule has 0 saturated carbocycles. The highest BCUT2D eigenvalue weighted by Gasteiger charge is 2.24. The first-order chi connectivity index (χ1) is 8.61. The SMILES string of the molecule is CCC(N)c1nc(C(=O)N2CCCC(C)C2)cs1. The third-order valence-corrected chi connectivity index (χ3v) is 4.42. The van der Waals surface area contributed by atoms with Crippen LogP contribution >= 0.6 is 11.3 Å². The van der Waals surface area contributed by atoms with Crippen LogP contribution in [0.5, 0.6) is 0 Å². The Bertz CT molecular complexity index is 418. The molecule has 0 aliphatic carbocycles. The van der Waals surface area contributed by atoms with E-state index in [0.717, 1.165) is 30.9 Å². The number of carbonyl (C=O) groups is 1. The van der Waals surface area contributed by atoms with Gasteiger partial charge in [-0.2, -0.15) is 0 Å². The molecule has 1 amide bonds. The summed E-state index contributed by atoms with van der Waals surface area (Å²) in [4.78, 5) is 18.6. The Labute approximate surface area is 112 Å². The number of carbonyl (C=O) groups excluding carboxylic acids is 1. The van der Waals surface area contributed by atoms with E-state index in [4.69, 9.17) is 5.73 Å². The lowest BCUT2D eigenvalue weighted by atomic mass is 10.0. The van der Waals surface area contributed by atoms with Crippen LogP contribution in [0.15, 0.2) is 5.38 Å². The van der Waals surface area contributed by atoms with E-state index in [0.29, 0.717) is 11.6 Å². The first-order valence-corrected chi connectivity index (χ1v) is 7.50. The summed E-state index contributed by atoms with van der Waals surface area (Å²) in [6.07, 6.45) is 3.16. The minimum Gasteiger partial charge on any atom is -0.337 e. The number of hydrogen-bond acceptors (Lipinski definition) is 4. The van der Waals surface area contributed by atoms with Crippen molar-refractivity contribution in [3.63, 3.8) is 0 Å². The van der Waals surface area contributed by atoms with Gasteiger partial charge in [-0.25, -0.2) is 4.98 Å². The van der Waals surface area contributed by atoms with Crippen LogP contribution in [0.2, 0.25) is 0 Å². The Hall–Kier alpha value is -0.940. The van der Waals surface area contributed by atoms with Gasteiger partial charge >= 0.3 is 0 Å². The highest BCUT2D eigenvalue weighted by molar-refractivity contribution is 7.09. The van der Waals surface area contributed by atoms with E-state index in [-0.39, 0.29) is 11.9 Å². The Morgan fingerprint density at radius 3 is 3.17 bits per heavy atom. The number of piperidine rings is 1. The maximum atomic E-state index is 12.3. The summed E-state index contributed by atoms with van der Waals surface area (Å²) in [5.41, 5.74) is 6.49. The topological polar surface area (TPSA) is 59.2 Å². The molecule has 0 aromatic carbocycles. The molecule has 2 unspecified atom stereocenters. The average Bonchev–Trinajstić information content (AvgIpc) is 2.86. The molecule has 5 heteroatoms. The molecular formula is C13H21N3OS. The van der Waals surface area contributed by atoms with Gasteiger partial charge in [-0.15, -0.1) is 11.3 Å². The van der Waals surface area contributed by atoms with E-state index < -0.39 is 0 Å². The highest BCUT2D eigenvalue weighted by Crippen LogP contribution is 2.22. The third-order valence-electron chi connectivity index (χ3n) is 3.44. The van der Waals surface area contributed by atoms with E-state index in [1.54, 1.807) is 0 Å². The van der Waals surface area contributed by atoms with Gasteiger partial charge in [-0.1, -0.05) is 13.8 Å². The van der Waals surface area contributed by atoms with Gasteiger partial charge in [0.1, 0.15) is 10.7 Å². The number of nitrogens with two attached hydrogens (primary N) is 1. The van der Waals surface area contributed by atoms with Crippen molar-refractivity contribution < 1.29 is 4.79 Å². The monoisotopic (exact) mass is 267 g/mol. The number of aromatic nitrogens is 1. The number of hydrogen-bond donors (Lipinski definition) is 1. The average molecular weight is 267 g/mol. The predicted octanol–water partition coefficient (Wildman–Crippen LogP) is 2.43. The van der Waals surface area contributed by atoms with E-state index in [1.807, 2.05) is 17.2 Å². The van der Waals surface area contributed by atoms with Crippen LogP contribution in [0.1, 0.15) is 54.6 Å².